The first-order valence-electron chi connectivity index (χ1n) is 5.29. The third-order valence-electron chi connectivity index (χ3n) is 2.13. The predicted octanol–water partition coefficient (Wildman–Crippen LogP) is 2.87. The number of hydrogen-bond acceptors (Lipinski definition) is 3. The Kier molecular flexibility index (Phi) is 5.01. The molecule has 0 aromatic heterocycles. The van der Waals surface area contributed by atoms with E-state index in [4.69, 9.17) is 9.47 Å². The van der Waals surface area contributed by atoms with Gasteiger partial charge >= 0.3 is 5.97 Å². The molecule has 1 rings (SSSR count). The fourth-order valence-electron chi connectivity index (χ4n) is 1.27. The lowest BCUT2D eigenvalue weighted by Crippen LogP contribution is -2.09. The van der Waals surface area contributed by atoms with E-state index in [0.29, 0.717) is 11.3 Å². The fraction of sp³-hybridized carbons (Fsp3) is 0.214. The van der Waals surface area contributed by atoms with Gasteiger partial charge in [-0.3, -0.25) is 0 Å². The molecular weight excluding hydrogens is 216 g/mol. The number of carbonyl (C=O) groups excluding carboxylic acids is 1. The largest absolute Gasteiger partial charge is 0.504 e. The molecular formula is C14H16O3. The van der Waals surface area contributed by atoms with Crippen LogP contribution in [0, 0.1) is 0 Å². The monoisotopic (exact) mass is 232 g/mol. The summed E-state index contributed by atoms with van der Waals surface area (Å²) in [6.07, 6.45) is 3.98. The molecule has 0 saturated carbocycles. The summed E-state index contributed by atoms with van der Waals surface area (Å²) in [4.78, 5) is 11.5. The maximum Gasteiger partial charge on any atom is 0.342 e. The summed E-state index contributed by atoms with van der Waals surface area (Å²) in [6.45, 7) is 5.30. The average molecular weight is 232 g/mol. The Hall–Kier alpha value is -2.03. The van der Waals surface area contributed by atoms with Crippen LogP contribution in [0.3, 0.4) is 0 Å². The lowest BCUT2D eigenvalue weighted by molar-refractivity contribution is -0.130. The fourth-order valence-corrected chi connectivity index (χ4v) is 1.27. The normalized spacial score (nSPS) is 10.8. The molecule has 1 aromatic rings. The molecule has 0 saturated heterocycles. The molecule has 0 N–H and O–H groups in total. The lowest BCUT2D eigenvalue weighted by Gasteiger charge is -2.05. The third-order valence-corrected chi connectivity index (χ3v) is 2.13. The van der Waals surface area contributed by atoms with Gasteiger partial charge in [-0.2, -0.15) is 0 Å². The summed E-state index contributed by atoms with van der Waals surface area (Å²) in [5.74, 6) is 0.106. The van der Waals surface area contributed by atoms with Crippen LogP contribution in [-0.2, 0) is 16.0 Å². The first-order chi connectivity index (χ1) is 8.17. The first kappa shape index (κ1) is 13.0. The Morgan fingerprint density at radius 1 is 1.35 bits per heavy atom. The second-order valence-corrected chi connectivity index (χ2v) is 3.56. The summed E-state index contributed by atoms with van der Waals surface area (Å²) in [5, 5.41) is 0. The van der Waals surface area contributed by atoms with Crippen molar-refractivity contribution in [1.29, 1.82) is 0 Å². The second kappa shape index (κ2) is 6.53. The molecule has 17 heavy (non-hydrogen) atoms. The van der Waals surface area contributed by atoms with Crippen molar-refractivity contribution < 1.29 is 14.3 Å². The molecule has 0 spiro atoms. The summed E-state index contributed by atoms with van der Waals surface area (Å²) in [7, 11) is 1.49. The van der Waals surface area contributed by atoms with Crippen LogP contribution in [0.2, 0.25) is 0 Å². The van der Waals surface area contributed by atoms with Crippen molar-refractivity contribution in [2.45, 2.75) is 13.3 Å². The zero-order chi connectivity index (χ0) is 12.7. The molecule has 0 bridgehead atoms. The van der Waals surface area contributed by atoms with Crippen LogP contribution in [0.5, 0.6) is 5.75 Å². The highest BCUT2D eigenvalue weighted by Crippen LogP contribution is 2.14. The van der Waals surface area contributed by atoms with Gasteiger partial charge in [0.1, 0.15) is 5.75 Å². The van der Waals surface area contributed by atoms with Gasteiger partial charge < -0.3 is 9.47 Å². The van der Waals surface area contributed by atoms with Gasteiger partial charge in [0, 0.05) is 0 Å². The molecule has 0 atom stereocenters. The molecule has 0 aliphatic rings. The molecule has 0 aliphatic carbocycles. The van der Waals surface area contributed by atoms with Crippen molar-refractivity contribution in [2.75, 3.05) is 7.11 Å². The molecule has 0 heterocycles. The highest BCUT2D eigenvalue weighted by molar-refractivity contribution is 5.89. The number of esters is 1. The number of ether oxygens (including phenoxy) is 2. The van der Waals surface area contributed by atoms with Crippen molar-refractivity contribution in [3.05, 3.63) is 54.3 Å². The van der Waals surface area contributed by atoms with Crippen LogP contribution in [-0.4, -0.2) is 13.1 Å². The average Bonchev–Trinajstić information content (AvgIpc) is 2.32. The summed E-state index contributed by atoms with van der Waals surface area (Å²) >= 11 is 0. The Balaban J connectivity index is 2.66. The minimum Gasteiger partial charge on any atom is -0.504 e. The van der Waals surface area contributed by atoms with Crippen molar-refractivity contribution in [3.8, 4) is 5.75 Å². The van der Waals surface area contributed by atoms with E-state index in [2.05, 4.69) is 6.58 Å². The summed E-state index contributed by atoms with van der Waals surface area (Å²) in [6, 6.07) is 7.33. The van der Waals surface area contributed by atoms with Crippen molar-refractivity contribution in [1.82, 2.24) is 0 Å². The van der Waals surface area contributed by atoms with E-state index in [0.717, 1.165) is 12.0 Å². The van der Waals surface area contributed by atoms with Gasteiger partial charge in [0.25, 0.3) is 0 Å². The van der Waals surface area contributed by atoms with Crippen LogP contribution in [0.4, 0.5) is 0 Å². The number of rotatable bonds is 5. The zero-order valence-corrected chi connectivity index (χ0v) is 10.1. The zero-order valence-electron chi connectivity index (χ0n) is 10.1. The van der Waals surface area contributed by atoms with Crippen LogP contribution < -0.4 is 4.74 Å². The van der Waals surface area contributed by atoms with Crippen LogP contribution in [0.15, 0.2) is 48.8 Å². The lowest BCUT2D eigenvalue weighted by atomic mass is 10.1. The smallest absolute Gasteiger partial charge is 0.342 e. The predicted molar refractivity (Wildman–Crippen MR) is 66.7 cm³/mol. The van der Waals surface area contributed by atoms with E-state index in [9.17, 15) is 4.79 Å². The Bertz CT molecular complexity index is 416. The van der Waals surface area contributed by atoms with Crippen molar-refractivity contribution >= 4 is 5.97 Å². The molecule has 0 amide bonds. The SMILES string of the molecule is C=CCc1ccc(OC(=O)C(C)=COC)cc1. The maximum absolute atomic E-state index is 11.5. The number of methoxy groups -OCH3 is 1. The van der Waals surface area contributed by atoms with Gasteiger partial charge in [0.2, 0.25) is 0 Å². The van der Waals surface area contributed by atoms with Crippen LogP contribution >= 0.6 is 0 Å². The molecule has 0 fully saturated rings. The molecule has 1 aromatic carbocycles. The van der Waals surface area contributed by atoms with Gasteiger partial charge in [-0.05, 0) is 31.0 Å². The topological polar surface area (TPSA) is 35.5 Å². The van der Waals surface area contributed by atoms with E-state index in [1.165, 1.54) is 13.4 Å². The van der Waals surface area contributed by atoms with E-state index < -0.39 is 5.97 Å². The Morgan fingerprint density at radius 2 is 2.00 bits per heavy atom. The number of allylic oxidation sites excluding steroid dienone is 1. The third kappa shape index (κ3) is 4.15. The molecule has 0 aliphatic heterocycles. The Labute approximate surface area is 101 Å². The van der Waals surface area contributed by atoms with Gasteiger partial charge in [-0.1, -0.05) is 18.2 Å². The van der Waals surface area contributed by atoms with Crippen LogP contribution in [0.1, 0.15) is 12.5 Å². The minimum atomic E-state index is -0.414. The van der Waals surface area contributed by atoms with E-state index in [1.807, 2.05) is 18.2 Å². The van der Waals surface area contributed by atoms with E-state index >= 15 is 0 Å². The van der Waals surface area contributed by atoms with E-state index in [1.54, 1.807) is 19.1 Å². The second-order valence-electron chi connectivity index (χ2n) is 3.56. The summed E-state index contributed by atoms with van der Waals surface area (Å²) < 4.78 is 9.89. The molecule has 90 valence electrons. The summed E-state index contributed by atoms with van der Waals surface area (Å²) in [5.41, 5.74) is 1.55. The quantitative estimate of drug-likeness (QED) is 0.257. The standard InChI is InChI=1S/C14H16O3/c1-4-5-12-6-8-13(9-7-12)17-14(15)11(2)10-16-3/h4,6-10H,1,5H2,2-3H3. The molecule has 3 nitrogen and oxygen atoms in total. The van der Waals surface area contributed by atoms with Gasteiger partial charge in [0.15, 0.2) is 0 Å². The number of hydrogen-bond donors (Lipinski definition) is 0. The number of benzene rings is 1. The van der Waals surface area contributed by atoms with E-state index in [-0.39, 0.29) is 0 Å². The molecule has 0 radical (unpaired) electrons. The Morgan fingerprint density at radius 3 is 2.53 bits per heavy atom. The van der Waals surface area contributed by atoms with Crippen LogP contribution in [0.25, 0.3) is 0 Å². The van der Waals surface area contributed by atoms with Crippen molar-refractivity contribution in [3.63, 3.8) is 0 Å². The highest BCUT2D eigenvalue weighted by atomic mass is 16.5. The number of carbonyl (C=O) groups is 1. The molecule has 0 unspecified atom stereocenters. The highest BCUT2D eigenvalue weighted by Gasteiger charge is 2.07. The minimum absolute atomic E-state index is 0.414. The van der Waals surface area contributed by atoms with Crippen molar-refractivity contribution in [2.24, 2.45) is 0 Å². The maximum atomic E-state index is 11.5. The van der Waals surface area contributed by atoms with Gasteiger partial charge in [-0.15, -0.1) is 6.58 Å². The van der Waals surface area contributed by atoms with Gasteiger partial charge in [-0.25, -0.2) is 4.79 Å². The molecule has 3 heteroatoms. The first-order valence-corrected chi connectivity index (χ1v) is 5.29. The van der Waals surface area contributed by atoms with Gasteiger partial charge in [0.05, 0.1) is 18.9 Å².